The van der Waals surface area contributed by atoms with Crippen molar-refractivity contribution in [3.8, 4) is 5.88 Å². The molecule has 0 radical (unpaired) electrons. The smallest absolute Gasteiger partial charge is 0.409 e. The van der Waals surface area contributed by atoms with Gasteiger partial charge in [-0.25, -0.2) is 4.79 Å². The third kappa shape index (κ3) is 8.05. The van der Waals surface area contributed by atoms with Crippen molar-refractivity contribution in [2.45, 2.75) is 19.2 Å². The molecule has 0 spiro atoms. The first-order valence-corrected chi connectivity index (χ1v) is 10.1. The summed E-state index contributed by atoms with van der Waals surface area (Å²) in [5.41, 5.74) is 0.753. The molecule has 13 heteroatoms. The molecule has 5 N–H and O–H groups in total. The van der Waals surface area contributed by atoms with Gasteiger partial charge in [0.25, 0.3) is 11.8 Å². The highest BCUT2D eigenvalue weighted by Crippen LogP contribution is 2.11. The number of carboxylic acid groups (broad SMARTS) is 1. The van der Waals surface area contributed by atoms with Crippen molar-refractivity contribution in [1.29, 1.82) is 0 Å². The fraction of sp³-hybridized carbons (Fsp3) is 0.350. The molecule has 13 nitrogen and oxygen atoms in total. The van der Waals surface area contributed by atoms with Gasteiger partial charge in [-0.05, 0) is 10.7 Å². The Morgan fingerprint density at radius 2 is 2.03 bits per heavy atom. The number of carbonyl (C=O) groups excluding carboxylic acids is 2. The number of nitrogens with one attached hydrogen (secondary N) is 4. The Morgan fingerprint density at radius 3 is 2.76 bits per heavy atom. The lowest BCUT2D eigenvalue weighted by Gasteiger charge is -2.17. The number of aromatic nitrogens is 1. The zero-order valence-corrected chi connectivity index (χ0v) is 17.6. The number of hydrogen-bond acceptors (Lipinski definition) is 10. The largest absolute Gasteiger partial charge is 0.481 e. The van der Waals surface area contributed by atoms with Gasteiger partial charge < -0.3 is 40.4 Å². The standard InChI is InChI=1S/C20H24N6O7/c27-17(28)11-15(25-20(30)32-12-13-4-2-1-3-5-13)24-18(29)14-10-16(26-33-14)31-9-8-23-19-21-6-7-22-19/h1-5,10,15H,6-9,11-12H2,(H,24,29)(H,25,30)(H,27,28)(H2,21,22,23)/t15-/m0/s1. The van der Waals surface area contributed by atoms with Crippen LogP contribution in [0.15, 0.2) is 45.9 Å². The molecule has 1 aliphatic rings. The lowest BCUT2D eigenvalue weighted by atomic mass is 10.2. The van der Waals surface area contributed by atoms with E-state index in [1.807, 2.05) is 6.07 Å². The molecule has 1 atom stereocenters. The van der Waals surface area contributed by atoms with Gasteiger partial charge in [0.15, 0.2) is 5.96 Å². The van der Waals surface area contributed by atoms with E-state index in [1.165, 1.54) is 6.07 Å². The van der Waals surface area contributed by atoms with Gasteiger partial charge in [0, 0.05) is 6.54 Å². The predicted octanol–water partition coefficient (Wildman–Crippen LogP) is 0.0592. The number of aliphatic imine (C=N–C) groups is 1. The maximum Gasteiger partial charge on any atom is 0.409 e. The number of nitrogens with zero attached hydrogens (tertiary/aromatic N) is 2. The zero-order chi connectivity index (χ0) is 23.5. The van der Waals surface area contributed by atoms with Crippen molar-refractivity contribution in [2.24, 2.45) is 4.99 Å². The third-order valence-corrected chi connectivity index (χ3v) is 4.22. The number of ether oxygens (including phenoxy) is 2. The Morgan fingerprint density at radius 1 is 1.21 bits per heavy atom. The van der Waals surface area contributed by atoms with Crippen molar-refractivity contribution in [1.82, 2.24) is 26.4 Å². The summed E-state index contributed by atoms with van der Waals surface area (Å²) in [5.74, 6) is -1.46. The van der Waals surface area contributed by atoms with E-state index < -0.39 is 30.6 Å². The van der Waals surface area contributed by atoms with Crippen molar-refractivity contribution in [3.05, 3.63) is 47.7 Å². The van der Waals surface area contributed by atoms with Crippen molar-refractivity contribution >= 4 is 23.9 Å². The second-order valence-corrected chi connectivity index (χ2v) is 6.79. The van der Waals surface area contributed by atoms with Gasteiger partial charge in [0.1, 0.15) is 19.4 Å². The number of alkyl carbamates (subject to hydrolysis) is 1. The molecule has 3 rings (SSSR count). The van der Waals surface area contributed by atoms with Gasteiger partial charge in [-0.2, -0.15) is 0 Å². The lowest BCUT2D eigenvalue weighted by Crippen LogP contribution is -2.49. The van der Waals surface area contributed by atoms with Gasteiger partial charge in [0.05, 0.1) is 25.6 Å². The van der Waals surface area contributed by atoms with E-state index >= 15 is 0 Å². The number of aliphatic carboxylic acids is 1. The summed E-state index contributed by atoms with van der Waals surface area (Å²) in [5, 5.41) is 23.5. The van der Waals surface area contributed by atoms with Gasteiger partial charge in [-0.15, -0.1) is 0 Å². The van der Waals surface area contributed by atoms with Gasteiger partial charge in [0.2, 0.25) is 5.76 Å². The van der Waals surface area contributed by atoms with Crippen LogP contribution in [-0.4, -0.2) is 66.6 Å². The summed E-state index contributed by atoms with van der Waals surface area (Å²) in [6, 6.07) is 10.2. The van der Waals surface area contributed by atoms with Crippen LogP contribution in [0.25, 0.3) is 0 Å². The summed E-state index contributed by atoms with van der Waals surface area (Å²) in [7, 11) is 0. The van der Waals surface area contributed by atoms with Crippen molar-refractivity contribution in [2.75, 3.05) is 26.2 Å². The number of benzene rings is 1. The molecule has 0 aliphatic carbocycles. The summed E-state index contributed by atoms with van der Waals surface area (Å²) in [4.78, 5) is 39.7. The average Bonchev–Trinajstić information content (AvgIpc) is 3.48. The van der Waals surface area contributed by atoms with E-state index in [1.54, 1.807) is 24.3 Å². The van der Waals surface area contributed by atoms with Gasteiger partial charge in [-0.1, -0.05) is 30.3 Å². The first-order valence-electron chi connectivity index (χ1n) is 10.1. The highest BCUT2D eigenvalue weighted by atomic mass is 16.5. The Balaban J connectivity index is 1.45. The molecule has 0 unspecified atom stereocenters. The van der Waals surface area contributed by atoms with Gasteiger partial charge >= 0.3 is 12.1 Å². The number of carbonyl (C=O) groups is 3. The lowest BCUT2D eigenvalue weighted by molar-refractivity contribution is -0.137. The molecule has 33 heavy (non-hydrogen) atoms. The SMILES string of the molecule is O=C(O)C[C@H](NC(=O)OCc1ccccc1)NC(=O)c1cc(OCCNC2=NCCN2)no1. The maximum atomic E-state index is 12.4. The average molecular weight is 460 g/mol. The summed E-state index contributed by atoms with van der Waals surface area (Å²) in [6.45, 7) is 2.18. The fourth-order valence-electron chi connectivity index (χ4n) is 2.72. The van der Waals surface area contributed by atoms with Gasteiger partial charge in [-0.3, -0.25) is 14.6 Å². The molecule has 0 bridgehead atoms. The highest BCUT2D eigenvalue weighted by Gasteiger charge is 2.22. The summed E-state index contributed by atoms with van der Waals surface area (Å²) >= 11 is 0. The molecule has 2 amide bonds. The first kappa shape index (κ1) is 23.4. The van der Waals surface area contributed by atoms with Crippen LogP contribution in [0.4, 0.5) is 4.79 Å². The van der Waals surface area contributed by atoms with Crippen LogP contribution < -0.4 is 26.0 Å². The number of guanidine groups is 1. The third-order valence-electron chi connectivity index (χ3n) is 4.22. The molecule has 176 valence electrons. The van der Waals surface area contributed by atoms with Crippen LogP contribution >= 0.6 is 0 Å². The maximum absolute atomic E-state index is 12.4. The fourth-order valence-corrected chi connectivity index (χ4v) is 2.72. The Hall–Kier alpha value is -4.29. The van der Waals surface area contributed by atoms with E-state index in [4.69, 9.17) is 19.1 Å². The molecule has 1 aromatic heterocycles. The van der Waals surface area contributed by atoms with Crippen molar-refractivity contribution < 1.29 is 33.5 Å². The van der Waals surface area contributed by atoms with E-state index in [2.05, 4.69) is 31.4 Å². The van der Waals surface area contributed by atoms with Crippen LogP contribution in [0.3, 0.4) is 0 Å². The van der Waals surface area contributed by atoms with E-state index in [-0.39, 0.29) is 24.9 Å². The number of carboxylic acids is 1. The second-order valence-electron chi connectivity index (χ2n) is 6.79. The molecule has 1 aromatic carbocycles. The Labute approximate surface area is 188 Å². The highest BCUT2D eigenvalue weighted by molar-refractivity contribution is 5.92. The molecule has 1 aliphatic heterocycles. The predicted molar refractivity (Wildman–Crippen MR) is 114 cm³/mol. The summed E-state index contributed by atoms with van der Waals surface area (Å²) < 4.78 is 15.4. The van der Waals surface area contributed by atoms with Crippen LogP contribution in [0.5, 0.6) is 5.88 Å². The zero-order valence-electron chi connectivity index (χ0n) is 17.6. The number of rotatable bonds is 11. The van der Waals surface area contributed by atoms with E-state index in [9.17, 15) is 14.4 Å². The minimum absolute atomic E-state index is 0.0124. The van der Waals surface area contributed by atoms with Crippen LogP contribution in [0, 0.1) is 0 Å². The molecule has 2 heterocycles. The first-order chi connectivity index (χ1) is 16.0. The van der Waals surface area contributed by atoms with Crippen molar-refractivity contribution in [3.63, 3.8) is 0 Å². The Bertz CT molecular complexity index is 978. The normalized spacial score (nSPS) is 13.3. The number of amides is 2. The molecular formula is C20H24N6O7. The van der Waals surface area contributed by atoms with E-state index in [0.717, 1.165) is 12.1 Å². The molecule has 0 fully saturated rings. The summed E-state index contributed by atoms with van der Waals surface area (Å²) in [6.07, 6.45) is -2.70. The Kier molecular flexibility index (Phi) is 8.45. The monoisotopic (exact) mass is 460 g/mol. The minimum atomic E-state index is -1.24. The van der Waals surface area contributed by atoms with Crippen LogP contribution in [-0.2, 0) is 16.1 Å². The molecule has 0 saturated carbocycles. The second kappa shape index (κ2) is 11.9. The van der Waals surface area contributed by atoms with E-state index in [0.29, 0.717) is 19.0 Å². The topological polar surface area (TPSA) is 176 Å². The van der Waals surface area contributed by atoms with Crippen LogP contribution in [0.1, 0.15) is 22.5 Å². The molecular weight excluding hydrogens is 436 g/mol. The molecule has 2 aromatic rings. The minimum Gasteiger partial charge on any atom is -0.481 e. The molecule has 0 saturated heterocycles. The van der Waals surface area contributed by atoms with Crippen LogP contribution in [0.2, 0.25) is 0 Å². The number of hydrogen-bond donors (Lipinski definition) is 5. The quantitative estimate of drug-likeness (QED) is 0.228.